The number of nitrogens with zero attached hydrogens (tertiary/aromatic N) is 1. The van der Waals surface area contributed by atoms with Gasteiger partial charge in [-0.3, -0.25) is 4.99 Å². The van der Waals surface area contributed by atoms with Crippen molar-refractivity contribution in [2.24, 2.45) is 4.99 Å². The van der Waals surface area contributed by atoms with E-state index in [0.717, 1.165) is 17.7 Å². The van der Waals surface area contributed by atoms with Crippen molar-refractivity contribution < 1.29 is 12.8 Å². The van der Waals surface area contributed by atoms with Crippen LogP contribution in [0.4, 0.5) is 0 Å². The summed E-state index contributed by atoms with van der Waals surface area (Å²) in [4.78, 5) is 4.12. The summed E-state index contributed by atoms with van der Waals surface area (Å²) in [6, 6.07) is 13.0. The second kappa shape index (κ2) is 11.9. The standard InChI is InChI=1S/C18H25N3O3S.HI/c1-19-18(21-12-10-17-9-5-13-24-17)20-11-6-14-25(22,23)15-16-7-3-2-4-8-16;/h2-5,7-9,13H,6,10-12,14-15H2,1H3,(H2,19,20,21);1H. The zero-order valence-corrected chi connectivity index (χ0v) is 18.0. The van der Waals surface area contributed by atoms with E-state index in [1.807, 2.05) is 42.5 Å². The SMILES string of the molecule is CN=C(NCCCS(=O)(=O)Cc1ccccc1)NCCc1ccco1.I. The van der Waals surface area contributed by atoms with Crippen LogP contribution in [0.2, 0.25) is 0 Å². The smallest absolute Gasteiger partial charge is 0.190 e. The van der Waals surface area contributed by atoms with E-state index in [0.29, 0.717) is 25.5 Å². The minimum absolute atomic E-state index is 0. The van der Waals surface area contributed by atoms with E-state index in [2.05, 4.69) is 15.6 Å². The zero-order valence-electron chi connectivity index (χ0n) is 14.8. The lowest BCUT2D eigenvalue weighted by Crippen LogP contribution is -2.39. The summed E-state index contributed by atoms with van der Waals surface area (Å²) < 4.78 is 29.5. The van der Waals surface area contributed by atoms with Crippen molar-refractivity contribution >= 4 is 39.8 Å². The van der Waals surface area contributed by atoms with Crippen LogP contribution < -0.4 is 10.6 Å². The second-order valence-corrected chi connectivity index (χ2v) is 7.87. The van der Waals surface area contributed by atoms with Crippen LogP contribution in [0.15, 0.2) is 58.1 Å². The number of hydrogen-bond acceptors (Lipinski definition) is 4. The normalized spacial score (nSPS) is 11.7. The van der Waals surface area contributed by atoms with Gasteiger partial charge in [0.25, 0.3) is 0 Å². The molecule has 0 bridgehead atoms. The zero-order chi connectivity index (χ0) is 18.0. The highest BCUT2D eigenvalue weighted by Gasteiger charge is 2.11. The van der Waals surface area contributed by atoms with Gasteiger partial charge in [-0.05, 0) is 24.1 Å². The summed E-state index contributed by atoms with van der Waals surface area (Å²) in [6.45, 7) is 1.24. The van der Waals surface area contributed by atoms with Crippen LogP contribution in [0.25, 0.3) is 0 Å². The Balaban J connectivity index is 0.00000338. The van der Waals surface area contributed by atoms with E-state index in [1.54, 1.807) is 13.3 Å². The molecule has 0 aliphatic rings. The fraction of sp³-hybridized carbons (Fsp3) is 0.389. The number of furan rings is 1. The quantitative estimate of drug-likeness (QED) is 0.244. The molecule has 0 unspecified atom stereocenters. The summed E-state index contributed by atoms with van der Waals surface area (Å²) >= 11 is 0. The molecule has 144 valence electrons. The van der Waals surface area contributed by atoms with Gasteiger partial charge in [0, 0.05) is 26.6 Å². The lowest BCUT2D eigenvalue weighted by molar-refractivity contribution is 0.506. The van der Waals surface area contributed by atoms with Gasteiger partial charge in [-0.1, -0.05) is 30.3 Å². The first-order chi connectivity index (χ1) is 12.1. The Labute approximate surface area is 172 Å². The Morgan fingerprint density at radius 3 is 2.46 bits per heavy atom. The summed E-state index contributed by atoms with van der Waals surface area (Å²) in [6.07, 6.45) is 2.95. The summed E-state index contributed by atoms with van der Waals surface area (Å²) in [5.41, 5.74) is 0.825. The van der Waals surface area contributed by atoms with Crippen molar-refractivity contribution in [3.05, 3.63) is 60.1 Å². The molecule has 0 saturated heterocycles. The average molecular weight is 491 g/mol. The van der Waals surface area contributed by atoms with Crippen molar-refractivity contribution in [1.82, 2.24) is 10.6 Å². The molecule has 2 rings (SSSR count). The van der Waals surface area contributed by atoms with E-state index in [-0.39, 0.29) is 35.5 Å². The molecule has 26 heavy (non-hydrogen) atoms. The molecular formula is C18H26IN3O3S. The number of rotatable bonds is 9. The van der Waals surface area contributed by atoms with Gasteiger partial charge in [-0.2, -0.15) is 0 Å². The maximum absolute atomic E-state index is 12.1. The first-order valence-electron chi connectivity index (χ1n) is 8.30. The molecule has 0 radical (unpaired) electrons. The average Bonchev–Trinajstić information content (AvgIpc) is 3.11. The maximum Gasteiger partial charge on any atom is 0.190 e. The predicted octanol–water partition coefficient (Wildman–Crippen LogP) is 2.61. The van der Waals surface area contributed by atoms with Crippen molar-refractivity contribution in [2.75, 3.05) is 25.9 Å². The molecule has 0 amide bonds. The fourth-order valence-corrected chi connectivity index (χ4v) is 3.81. The van der Waals surface area contributed by atoms with Gasteiger partial charge in [0.2, 0.25) is 0 Å². The van der Waals surface area contributed by atoms with Crippen molar-refractivity contribution in [2.45, 2.75) is 18.6 Å². The molecule has 2 aromatic rings. The van der Waals surface area contributed by atoms with Crippen LogP contribution >= 0.6 is 24.0 Å². The number of aliphatic imine (C=N–C) groups is 1. The third-order valence-electron chi connectivity index (χ3n) is 3.62. The van der Waals surface area contributed by atoms with Crippen LogP contribution in [-0.4, -0.2) is 40.3 Å². The molecule has 0 spiro atoms. The Kier molecular flexibility index (Phi) is 10.3. The van der Waals surface area contributed by atoms with Gasteiger partial charge in [0.1, 0.15) is 5.76 Å². The monoisotopic (exact) mass is 491 g/mol. The van der Waals surface area contributed by atoms with Crippen LogP contribution in [-0.2, 0) is 22.0 Å². The Bertz CT molecular complexity index is 747. The van der Waals surface area contributed by atoms with E-state index in [1.165, 1.54) is 0 Å². The van der Waals surface area contributed by atoms with E-state index >= 15 is 0 Å². The number of sulfone groups is 1. The number of guanidine groups is 1. The maximum atomic E-state index is 12.1. The Morgan fingerprint density at radius 2 is 1.81 bits per heavy atom. The van der Waals surface area contributed by atoms with Gasteiger partial charge in [0.15, 0.2) is 15.8 Å². The third kappa shape index (κ3) is 8.70. The Morgan fingerprint density at radius 1 is 1.08 bits per heavy atom. The first-order valence-corrected chi connectivity index (χ1v) is 10.1. The largest absolute Gasteiger partial charge is 0.469 e. The van der Waals surface area contributed by atoms with Crippen molar-refractivity contribution in [3.63, 3.8) is 0 Å². The van der Waals surface area contributed by atoms with Gasteiger partial charge < -0.3 is 15.1 Å². The molecule has 1 heterocycles. The molecule has 1 aromatic heterocycles. The van der Waals surface area contributed by atoms with Crippen LogP contribution in [0.5, 0.6) is 0 Å². The number of nitrogens with one attached hydrogen (secondary N) is 2. The summed E-state index contributed by atoms with van der Waals surface area (Å²) in [5.74, 6) is 1.81. The topological polar surface area (TPSA) is 83.7 Å². The molecule has 2 N–H and O–H groups in total. The van der Waals surface area contributed by atoms with Gasteiger partial charge in [0.05, 0.1) is 17.8 Å². The van der Waals surface area contributed by atoms with E-state index in [4.69, 9.17) is 4.42 Å². The van der Waals surface area contributed by atoms with Crippen LogP contribution in [0, 0.1) is 0 Å². The Hall–Kier alpha value is -1.55. The van der Waals surface area contributed by atoms with Gasteiger partial charge in [-0.15, -0.1) is 24.0 Å². The highest BCUT2D eigenvalue weighted by Crippen LogP contribution is 2.06. The highest BCUT2D eigenvalue weighted by molar-refractivity contribution is 14.0. The van der Waals surface area contributed by atoms with Gasteiger partial charge >= 0.3 is 0 Å². The molecule has 6 nitrogen and oxygen atoms in total. The molecular weight excluding hydrogens is 465 g/mol. The fourth-order valence-electron chi connectivity index (χ4n) is 2.38. The minimum Gasteiger partial charge on any atom is -0.469 e. The van der Waals surface area contributed by atoms with E-state index in [9.17, 15) is 8.42 Å². The number of benzene rings is 1. The lowest BCUT2D eigenvalue weighted by atomic mass is 10.2. The first kappa shape index (κ1) is 22.5. The molecule has 0 atom stereocenters. The van der Waals surface area contributed by atoms with Crippen LogP contribution in [0.1, 0.15) is 17.7 Å². The molecule has 0 fully saturated rings. The molecule has 1 aromatic carbocycles. The molecule has 0 aliphatic carbocycles. The summed E-state index contributed by atoms with van der Waals surface area (Å²) in [5, 5.41) is 6.30. The molecule has 0 saturated carbocycles. The minimum atomic E-state index is -3.10. The lowest BCUT2D eigenvalue weighted by Gasteiger charge is -2.11. The van der Waals surface area contributed by atoms with Crippen LogP contribution in [0.3, 0.4) is 0 Å². The number of hydrogen-bond donors (Lipinski definition) is 2. The number of halogens is 1. The van der Waals surface area contributed by atoms with Gasteiger partial charge in [-0.25, -0.2) is 8.42 Å². The summed E-state index contributed by atoms with van der Waals surface area (Å²) in [7, 11) is -1.41. The molecule has 0 aliphatic heterocycles. The van der Waals surface area contributed by atoms with E-state index < -0.39 is 9.84 Å². The molecule has 8 heteroatoms. The van der Waals surface area contributed by atoms with Crippen molar-refractivity contribution in [1.29, 1.82) is 0 Å². The predicted molar refractivity (Wildman–Crippen MR) is 116 cm³/mol. The third-order valence-corrected chi connectivity index (χ3v) is 5.31. The van der Waals surface area contributed by atoms with Crippen molar-refractivity contribution in [3.8, 4) is 0 Å². The second-order valence-electron chi connectivity index (χ2n) is 5.69. The highest BCUT2D eigenvalue weighted by atomic mass is 127.